The first-order chi connectivity index (χ1) is 13.6. The van der Waals surface area contributed by atoms with Crippen LogP contribution in [0.25, 0.3) is 10.9 Å². The van der Waals surface area contributed by atoms with E-state index in [1.165, 1.54) is 10.9 Å². The van der Waals surface area contributed by atoms with Gasteiger partial charge in [0.25, 0.3) is 0 Å². The van der Waals surface area contributed by atoms with Crippen LogP contribution in [-0.4, -0.2) is 44.7 Å². The number of guanidine groups is 1. The van der Waals surface area contributed by atoms with E-state index in [-0.39, 0.29) is 36.3 Å². The minimum Gasteiger partial charge on any atom is -0.361 e. The molecule has 3 N–H and O–H groups in total. The first kappa shape index (κ1) is 23.2. The van der Waals surface area contributed by atoms with Crippen molar-refractivity contribution in [1.29, 1.82) is 0 Å². The molecule has 0 fully saturated rings. The van der Waals surface area contributed by atoms with Gasteiger partial charge in [-0.15, -0.1) is 24.0 Å². The Balaban J connectivity index is 0.00000300. The molecule has 6 nitrogen and oxygen atoms in total. The summed E-state index contributed by atoms with van der Waals surface area (Å²) in [7, 11) is -3.32. The van der Waals surface area contributed by atoms with Crippen molar-refractivity contribution < 1.29 is 8.42 Å². The molecular formula is C21H27IN4O2S. The lowest BCUT2D eigenvalue weighted by atomic mass is 10.1. The van der Waals surface area contributed by atoms with E-state index in [9.17, 15) is 8.42 Å². The van der Waals surface area contributed by atoms with Gasteiger partial charge in [-0.25, -0.2) is 8.42 Å². The molecule has 0 spiro atoms. The molecule has 156 valence electrons. The summed E-state index contributed by atoms with van der Waals surface area (Å²) in [6.45, 7) is 3.61. The lowest BCUT2D eigenvalue weighted by Crippen LogP contribution is -2.38. The van der Waals surface area contributed by atoms with Crippen molar-refractivity contribution in [2.75, 3.05) is 25.4 Å². The van der Waals surface area contributed by atoms with Crippen LogP contribution >= 0.6 is 24.0 Å². The van der Waals surface area contributed by atoms with Crippen LogP contribution in [0.3, 0.4) is 0 Å². The molecule has 0 bridgehead atoms. The molecule has 0 aliphatic carbocycles. The molecule has 3 rings (SSSR count). The molecule has 0 unspecified atom stereocenters. The molecule has 29 heavy (non-hydrogen) atoms. The van der Waals surface area contributed by atoms with Gasteiger partial charge in [0.1, 0.15) is 0 Å². The first-order valence-corrected chi connectivity index (χ1v) is 11.1. The Kier molecular flexibility index (Phi) is 8.97. The first-order valence-electron chi connectivity index (χ1n) is 9.45. The van der Waals surface area contributed by atoms with Gasteiger partial charge in [-0.05, 0) is 37.1 Å². The normalized spacial score (nSPS) is 11.8. The van der Waals surface area contributed by atoms with E-state index < -0.39 is 9.84 Å². The number of H-pyrrole nitrogens is 1. The van der Waals surface area contributed by atoms with E-state index in [0.717, 1.165) is 11.9 Å². The van der Waals surface area contributed by atoms with Crippen LogP contribution < -0.4 is 10.6 Å². The van der Waals surface area contributed by atoms with Crippen LogP contribution in [0.15, 0.2) is 70.7 Å². The summed E-state index contributed by atoms with van der Waals surface area (Å²) in [5.41, 5.74) is 2.37. The quantitative estimate of drug-likeness (QED) is 0.239. The number of aliphatic imine (C=N–C) groups is 1. The lowest BCUT2D eigenvalue weighted by molar-refractivity contribution is 0.596. The third-order valence-corrected chi connectivity index (χ3v) is 6.15. The summed E-state index contributed by atoms with van der Waals surface area (Å²) >= 11 is 0. The number of halogens is 1. The largest absolute Gasteiger partial charge is 0.361 e. The zero-order valence-corrected chi connectivity index (χ0v) is 19.5. The summed E-state index contributed by atoms with van der Waals surface area (Å²) in [4.78, 5) is 8.03. The number of rotatable bonds is 8. The fraction of sp³-hybridized carbons (Fsp3) is 0.286. The van der Waals surface area contributed by atoms with E-state index in [2.05, 4.69) is 32.7 Å². The monoisotopic (exact) mass is 526 g/mol. The maximum Gasteiger partial charge on any atom is 0.191 e. The van der Waals surface area contributed by atoms with Gasteiger partial charge >= 0.3 is 0 Å². The number of aromatic nitrogens is 1. The van der Waals surface area contributed by atoms with Gasteiger partial charge in [-0.3, -0.25) is 4.99 Å². The third kappa shape index (κ3) is 6.46. The molecular weight excluding hydrogens is 499 g/mol. The van der Waals surface area contributed by atoms with Gasteiger partial charge in [-0.2, -0.15) is 0 Å². The molecule has 0 aliphatic rings. The van der Waals surface area contributed by atoms with E-state index in [4.69, 9.17) is 0 Å². The Hall–Kier alpha value is -2.07. The molecule has 1 heterocycles. The van der Waals surface area contributed by atoms with E-state index in [1.807, 2.05) is 25.3 Å². The van der Waals surface area contributed by atoms with Crippen LogP contribution in [-0.2, 0) is 16.3 Å². The number of nitrogens with zero attached hydrogens (tertiary/aromatic N) is 1. The molecule has 3 aromatic rings. The number of aromatic amines is 1. The highest BCUT2D eigenvalue weighted by Crippen LogP contribution is 2.17. The molecule has 1 aromatic heterocycles. The lowest BCUT2D eigenvalue weighted by Gasteiger charge is -2.11. The van der Waals surface area contributed by atoms with Crippen LogP contribution in [0.2, 0.25) is 0 Å². The van der Waals surface area contributed by atoms with Crippen molar-refractivity contribution in [3.05, 3.63) is 66.4 Å². The molecule has 0 saturated carbocycles. The molecule has 0 saturated heterocycles. The summed E-state index contributed by atoms with van der Waals surface area (Å²) in [5, 5.41) is 7.66. The van der Waals surface area contributed by atoms with Gasteiger partial charge < -0.3 is 15.6 Å². The second kappa shape index (κ2) is 11.2. The van der Waals surface area contributed by atoms with Crippen molar-refractivity contribution in [2.24, 2.45) is 4.99 Å². The van der Waals surface area contributed by atoms with E-state index in [0.29, 0.717) is 23.9 Å². The van der Waals surface area contributed by atoms with Gasteiger partial charge in [0.05, 0.1) is 17.2 Å². The fourth-order valence-corrected chi connectivity index (χ4v) is 4.16. The number of benzene rings is 2. The third-order valence-electron chi connectivity index (χ3n) is 4.44. The highest BCUT2D eigenvalue weighted by atomic mass is 127. The molecule has 0 atom stereocenters. The Bertz CT molecular complexity index is 1030. The van der Waals surface area contributed by atoms with Crippen molar-refractivity contribution in [1.82, 2.24) is 15.6 Å². The predicted octanol–water partition coefficient (Wildman–Crippen LogP) is 3.36. The Morgan fingerprint density at radius 1 is 1.03 bits per heavy atom. The summed E-state index contributed by atoms with van der Waals surface area (Å²) in [6, 6.07) is 16.7. The zero-order valence-electron chi connectivity index (χ0n) is 16.4. The number of hydrogen-bond acceptors (Lipinski definition) is 3. The average molecular weight is 526 g/mol. The molecule has 0 aliphatic heterocycles. The van der Waals surface area contributed by atoms with Gasteiger partial charge in [0.2, 0.25) is 0 Å². The highest BCUT2D eigenvalue weighted by Gasteiger charge is 2.13. The van der Waals surface area contributed by atoms with Crippen LogP contribution in [0.5, 0.6) is 0 Å². The number of hydrogen-bond donors (Lipinski definition) is 3. The van der Waals surface area contributed by atoms with Crippen molar-refractivity contribution in [3.8, 4) is 0 Å². The van der Waals surface area contributed by atoms with Crippen molar-refractivity contribution in [3.63, 3.8) is 0 Å². The Labute approximate surface area is 189 Å². The SMILES string of the molecule is CCNC(=NCCS(=O)(=O)c1ccccc1)NCCc1c[nH]c2ccccc12.I. The van der Waals surface area contributed by atoms with Crippen molar-refractivity contribution >= 4 is 50.7 Å². The Morgan fingerprint density at radius 2 is 1.76 bits per heavy atom. The number of para-hydroxylation sites is 1. The van der Waals surface area contributed by atoms with Crippen LogP contribution in [0.4, 0.5) is 0 Å². The topological polar surface area (TPSA) is 86.3 Å². The van der Waals surface area contributed by atoms with Crippen LogP contribution in [0, 0.1) is 0 Å². The molecule has 8 heteroatoms. The summed E-state index contributed by atoms with van der Waals surface area (Å²) in [6.07, 6.45) is 2.87. The second-order valence-electron chi connectivity index (χ2n) is 6.43. The second-order valence-corrected chi connectivity index (χ2v) is 8.54. The standard InChI is InChI=1S/C21H26N4O2S.HI/c1-2-22-21(24-14-15-28(26,27)18-8-4-3-5-9-18)23-13-12-17-16-25-20-11-7-6-10-19(17)20;/h3-11,16,25H,2,12-15H2,1H3,(H2,22,23,24);1H. The number of fused-ring (bicyclic) bond motifs is 1. The smallest absolute Gasteiger partial charge is 0.191 e. The molecule has 2 aromatic carbocycles. The van der Waals surface area contributed by atoms with Crippen LogP contribution in [0.1, 0.15) is 12.5 Å². The fourth-order valence-electron chi connectivity index (χ4n) is 3.02. The van der Waals surface area contributed by atoms with E-state index in [1.54, 1.807) is 30.3 Å². The number of sulfone groups is 1. The van der Waals surface area contributed by atoms with Gasteiger partial charge in [-0.1, -0.05) is 36.4 Å². The van der Waals surface area contributed by atoms with E-state index >= 15 is 0 Å². The van der Waals surface area contributed by atoms with Gasteiger partial charge in [0, 0.05) is 30.2 Å². The van der Waals surface area contributed by atoms with Gasteiger partial charge in [0.15, 0.2) is 15.8 Å². The minimum atomic E-state index is -3.32. The zero-order chi connectivity index (χ0) is 19.8. The molecule has 0 amide bonds. The minimum absolute atomic E-state index is 0. The van der Waals surface area contributed by atoms with Crippen molar-refractivity contribution in [2.45, 2.75) is 18.2 Å². The summed E-state index contributed by atoms with van der Waals surface area (Å²) in [5.74, 6) is 0.612. The predicted molar refractivity (Wildman–Crippen MR) is 130 cm³/mol. The number of nitrogens with one attached hydrogen (secondary N) is 3. The Morgan fingerprint density at radius 3 is 2.52 bits per heavy atom. The average Bonchev–Trinajstić information content (AvgIpc) is 3.12. The highest BCUT2D eigenvalue weighted by molar-refractivity contribution is 14.0. The molecule has 0 radical (unpaired) electrons. The maximum absolute atomic E-state index is 12.4. The maximum atomic E-state index is 12.4. The summed E-state index contributed by atoms with van der Waals surface area (Å²) < 4.78 is 24.7.